The lowest BCUT2D eigenvalue weighted by molar-refractivity contribution is -0.121. The standard InChI is InChI=1S/C23H27FN4OS.CH4O/c1-17(2)14-15-25-22(29)13-12-21-26-27-23(28(21)20-6-4-3-5-7-20)30-16-18-8-10-19(24)11-9-18;1-2/h3-11,17H,12-16H2,1-2H3,(H,25,29);2H,1H3. The smallest absolute Gasteiger partial charge is 0.220 e. The Kier molecular flexibility index (Phi) is 10.9. The monoisotopic (exact) mass is 458 g/mol. The van der Waals surface area contributed by atoms with Gasteiger partial charge in [0.2, 0.25) is 5.91 Å². The number of amides is 1. The molecule has 0 spiro atoms. The molecular formula is C24H31FN4O2S. The van der Waals surface area contributed by atoms with E-state index >= 15 is 0 Å². The molecule has 172 valence electrons. The van der Waals surface area contributed by atoms with E-state index in [-0.39, 0.29) is 11.7 Å². The molecule has 1 heterocycles. The van der Waals surface area contributed by atoms with Crippen molar-refractivity contribution in [3.05, 3.63) is 71.8 Å². The van der Waals surface area contributed by atoms with Crippen molar-refractivity contribution < 1.29 is 14.3 Å². The molecule has 1 aromatic heterocycles. The van der Waals surface area contributed by atoms with Crippen LogP contribution >= 0.6 is 11.8 Å². The van der Waals surface area contributed by atoms with Crippen molar-refractivity contribution in [3.63, 3.8) is 0 Å². The highest BCUT2D eigenvalue weighted by Gasteiger charge is 2.16. The third-order valence-electron chi connectivity index (χ3n) is 4.62. The number of aliphatic hydroxyl groups is 1. The van der Waals surface area contributed by atoms with Gasteiger partial charge in [-0.15, -0.1) is 10.2 Å². The number of aliphatic hydroxyl groups excluding tert-OH is 1. The molecule has 1 amide bonds. The number of benzene rings is 2. The SMILES string of the molecule is CC(C)CCNC(=O)CCc1nnc(SCc2ccc(F)cc2)n1-c1ccccc1.CO. The van der Waals surface area contributed by atoms with E-state index in [1.807, 2.05) is 34.9 Å². The van der Waals surface area contributed by atoms with Gasteiger partial charge in [0.1, 0.15) is 11.6 Å². The highest BCUT2D eigenvalue weighted by atomic mass is 32.2. The van der Waals surface area contributed by atoms with Crippen LogP contribution in [0.5, 0.6) is 0 Å². The van der Waals surface area contributed by atoms with Crippen LogP contribution in [0.15, 0.2) is 59.8 Å². The minimum absolute atomic E-state index is 0.0266. The Morgan fingerprint density at radius 3 is 2.44 bits per heavy atom. The molecule has 0 bridgehead atoms. The van der Waals surface area contributed by atoms with Crippen molar-refractivity contribution in [2.45, 2.75) is 44.0 Å². The molecule has 0 atom stereocenters. The molecule has 0 aliphatic rings. The van der Waals surface area contributed by atoms with Crippen molar-refractivity contribution >= 4 is 17.7 Å². The van der Waals surface area contributed by atoms with Crippen LogP contribution in [0.2, 0.25) is 0 Å². The van der Waals surface area contributed by atoms with Gasteiger partial charge in [-0.25, -0.2) is 4.39 Å². The number of hydrogen-bond donors (Lipinski definition) is 2. The maximum atomic E-state index is 13.1. The molecule has 0 aliphatic carbocycles. The largest absolute Gasteiger partial charge is 0.400 e. The van der Waals surface area contributed by atoms with Gasteiger partial charge in [0.25, 0.3) is 0 Å². The topological polar surface area (TPSA) is 80.0 Å². The first kappa shape index (κ1) is 25.5. The molecule has 3 rings (SSSR count). The van der Waals surface area contributed by atoms with Gasteiger partial charge < -0.3 is 10.4 Å². The summed E-state index contributed by atoms with van der Waals surface area (Å²) in [4.78, 5) is 12.2. The first-order chi connectivity index (χ1) is 15.5. The summed E-state index contributed by atoms with van der Waals surface area (Å²) < 4.78 is 15.1. The second kappa shape index (κ2) is 13.6. The molecule has 2 N–H and O–H groups in total. The minimum Gasteiger partial charge on any atom is -0.400 e. The molecule has 0 saturated heterocycles. The molecular weight excluding hydrogens is 427 g/mol. The molecule has 0 aliphatic heterocycles. The summed E-state index contributed by atoms with van der Waals surface area (Å²) in [6.07, 6.45) is 1.84. The predicted molar refractivity (Wildman–Crippen MR) is 126 cm³/mol. The van der Waals surface area contributed by atoms with Crippen molar-refractivity contribution in [2.75, 3.05) is 13.7 Å². The predicted octanol–water partition coefficient (Wildman–Crippen LogP) is 4.40. The highest BCUT2D eigenvalue weighted by molar-refractivity contribution is 7.98. The number of nitrogens with zero attached hydrogens (tertiary/aromatic N) is 3. The zero-order valence-electron chi connectivity index (χ0n) is 18.8. The average molecular weight is 459 g/mol. The minimum atomic E-state index is -0.245. The number of aromatic nitrogens is 3. The van der Waals surface area contributed by atoms with Crippen LogP contribution in [0.25, 0.3) is 5.69 Å². The first-order valence-electron chi connectivity index (χ1n) is 10.6. The summed E-state index contributed by atoms with van der Waals surface area (Å²) in [6.45, 7) is 4.97. The van der Waals surface area contributed by atoms with E-state index in [2.05, 4.69) is 29.4 Å². The molecule has 0 fully saturated rings. The van der Waals surface area contributed by atoms with E-state index in [9.17, 15) is 9.18 Å². The van der Waals surface area contributed by atoms with Crippen LogP contribution in [-0.2, 0) is 17.0 Å². The maximum Gasteiger partial charge on any atom is 0.220 e. The first-order valence-corrected chi connectivity index (χ1v) is 11.6. The number of halogens is 1. The Morgan fingerprint density at radius 1 is 1.09 bits per heavy atom. The normalized spacial score (nSPS) is 10.6. The van der Waals surface area contributed by atoms with Gasteiger partial charge in [-0.2, -0.15) is 0 Å². The Hall–Kier alpha value is -2.71. The number of hydrogen-bond acceptors (Lipinski definition) is 5. The van der Waals surface area contributed by atoms with Crippen LogP contribution in [0.3, 0.4) is 0 Å². The maximum absolute atomic E-state index is 13.1. The molecule has 2 aromatic carbocycles. The van der Waals surface area contributed by atoms with Crippen LogP contribution < -0.4 is 5.32 Å². The van der Waals surface area contributed by atoms with Gasteiger partial charge in [-0.1, -0.05) is 55.9 Å². The van der Waals surface area contributed by atoms with E-state index < -0.39 is 0 Å². The quantitative estimate of drug-likeness (QED) is 0.440. The van der Waals surface area contributed by atoms with Gasteiger partial charge in [-0.3, -0.25) is 9.36 Å². The summed E-state index contributed by atoms with van der Waals surface area (Å²) in [6, 6.07) is 16.3. The van der Waals surface area contributed by atoms with Gasteiger partial charge in [0.05, 0.1) is 0 Å². The number of aryl methyl sites for hydroxylation is 1. The fourth-order valence-corrected chi connectivity index (χ4v) is 3.86. The molecule has 0 unspecified atom stereocenters. The summed E-state index contributed by atoms with van der Waals surface area (Å²) >= 11 is 1.54. The third kappa shape index (κ3) is 8.09. The molecule has 8 heteroatoms. The zero-order chi connectivity index (χ0) is 23.3. The van der Waals surface area contributed by atoms with E-state index in [0.717, 1.165) is 35.8 Å². The van der Waals surface area contributed by atoms with Crippen LogP contribution in [-0.4, -0.2) is 39.4 Å². The van der Waals surface area contributed by atoms with Gasteiger partial charge in [-0.05, 0) is 42.2 Å². The summed E-state index contributed by atoms with van der Waals surface area (Å²) in [5, 5.41) is 19.4. The van der Waals surface area contributed by atoms with Gasteiger partial charge in [0, 0.05) is 37.9 Å². The molecule has 3 aromatic rings. The van der Waals surface area contributed by atoms with Crippen LogP contribution in [0.1, 0.15) is 38.1 Å². The number of para-hydroxylation sites is 1. The number of nitrogens with one attached hydrogen (secondary N) is 1. The Morgan fingerprint density at radius 2 is 1.78 bits per heavy atom. The van der Waals surface area contributed by atoms with Crippen molar-refractivity contribution in [1.29, 1.82) is 0 Å². The lowest BCUT2D eigenvalue weighted by Gasteiger charge is -2.11. The number of carbonyl (C=O) groups is 1. The van der Waals surface area contributed by atoms with Crippen LogP contribution in [0, 0.1) is 11.7 Å². The average Bonchev–Trinajstić information content (AvgIpc) is 3.22. The second-order valence-corrected chi connectivity index (χ2v) is 8.46. The summed E-state index contributed by atoms with van der Waals surface area (Å²) in [5.74, 6) is 1.75. The van der Waals surface area contributed by atoms with Crippen molar-refractivity contribution in [2.24, 2.45) is 5.92 Å². The second-order valence-electron chi connectivity index (χ2n) is 7.52. The Labute approximate surface area is 193 Å². The highest BCUT2D eigenvalue weighted by Crippen LogP contribution is 2.26. The fraction of sp³-hybridized carbons (Fsp3) is 0.375. The number of carbonyl (C=O) groups excluding carboxylic acids is 1. The number of thioether (sulfide) groups is 1. The molecule has 0 radical (unpaired) electrons. The van der Waals surface area contributed by atoms with E-state index in [1.54, 1.807) is 12.1 Å². The number of rotatable bonds is 10. The summed E-state index contributed by atoms with van der Waals surface area (Å²) in [7, 11) is 1.00. The lowest BCUT2D eigenvalue weighted by atomic mass is 10.1. The van der Waals surface area contributed by atoms with E-state index in [1.165, 1.54) is 23.9 Å². The Bertz CT molecular complexity index is 946. The Balaban J connectivity index is 0.00000176. The van der Waals surface area contributed by atoms with Crippen molar-refractivity contribution in [1.82, 2.24) is 20.1 Å². The van der Waals surface area contributed by atoms with Crippen LogP contribution in [0.4, 0.5) is 4.39 Å². The van der Waals surface area contributed by atoms with Crippen molar-refractivity contribution in [3.8, 4) is 5.69 Å². The van der Waals surface area contributed by atoms with E-state index in [4.69, 9.17) is 5.11 Å². The van der Waals surface area contributed by atoms with Gasteiger partial charge in [0.15, 0.2) is 5.16 Å². The molecule has 6 nitrogen and oxygen atoms in total. The lowest BCUT2D eigenvalue weighted by Crippen LogP contribution is -2.25. The zero-order valence-corrected chi connectivity index (χ0v) is 19.6. The third-order valence-corrected chi connectivity index (χ3v) is 5.62. The van der Waals surface area contributed by atoms with Gasteiger partial charge >= 0.3 is 0 Å². The van der Waals surface area contributed by atoms with E-state index in [0.29, 0.717) is 31.1 Å². The summed E-state index contributed by atoms with van der Waals surface area (Å²) in [5.41, 5.74) is 1.97. The fourth-order valence-electron chi connectivity index (χ4n) is 2.93. The molecule has 0 saturated carbocycles. The molecule has 32 heavy (non-hydrogen) atoms.